The SMILES string of the molecule is O=CN1CCCC(c2nc(-c3cccc(C(F)(F)F)c3)c3ccccn23)C1. The van der Waals surface area contributed by atoms with Crippen LogP contribution in [0.4, 0.5) is 13.2 Å². The summed E-state index contributed by atoms with van der Waals surface area (Å²) in [4.78, 5) is 17.6. The summed E-state index contributed by atoms with van der Waals surface area (Å²) in [5, 5.41) is 0. The minimum Gasteiger partial charge on any atom is -0.345 e. The highest BCUT2D eigenvalue weighted by molar-refractivity contribution is 5.78. The molecule has 0 bridgehead atoms. The third-order valence-electron chi connectivity index (χ3n) is 5.01. The molecule has 0 saturated carbocycles. The van der Waals surface area contributed by atoms with Gasteiger partial charge in [0.2, 0.25) is 6.41 Å². The van der Waals surface area contributed by atoms with Crippen molar-refractivity contribution < 1.29 is 18.0 Å². The molecule has 7 heteroatoms. The van der Waals surface area contributed by atoms with E-state index in [9.17, 15) is 18.0 Å². The van der Waals surface area contributed by atoms with E-state index in [2.05, 4.69) is 0 Å². The van der Waals surface area contributed by atoms with Gasteiger partial charge >= 0.3 is 6.18 Å². The molecule has 1 aliphatic heterocycles. The van der Waals surface area contributed by atoms with Crippen molar-refractivity contribution in [2.45, 2.75) is 24.9 Å². The summed E-state index contributed by atoms with van der Waals surface area (Å²) in [6.45, 7) is 1.29. The second-order valence-electron chi connectivity index (χ2n) is 6.79. The summed E-state index contributed by atoms with van der Waals surface area (Å²) in [6.07, 6.45) is 0.0803. The number of amides is 1. The summed E-state index contributed by atoms with van der Waals surface area (Å²) in [7, 11) is 0. The van der Waals surface area contributed by atoms with E-state index < -0.39 is 11.7 Å². The van der Waals surface area contributed by atoms with Gasteiger partial charge in [-0.2, -0.15) is 13.2 Å². The number of rotatable bonds is 3. The largest absolute Gasteiger partial charge is 0.416 e. The maximum atomic E-state index is 13.1. The first-order valence-corrected chi connectivity index (χ1v) is 8.81. The lowest BCUT2D eigenvalue weighted by Crippen LogP contribution is -2.33. The summed E-state index contributed by atoms with van der Waals surface area (Å²) in [5.41, 5.74) is 1.03. The van der Waals surface area contributed by atoms with E-state index in [0.29, 0.717) is 17.8 Å². The lowest BCUT2D eigenvalue weighted by atomic mass is 9.97. The fourth-order valence-electron chi connectivity index (χ4n) is 3.72. The molecule has 0 N–H and O–H groups in total. The molecule has 1 atom stereocenters. The molecule has 1 fully saturated rings. The van der Waals surface area contributed by atoms with Gasteiger partial charge < -0.3 is 9.30 Å². The van der Waals surface area contributed by atoms with Crippen LogP contribution >= 0.6 is 0 Å². The fourth-order valence-corrected chi connectivity index (χ4v) is 3.72. The maximum absolute atomic E-state index is 13.1. The van der Waals surface area contributed by atoms with Crippen LogP contribution in [0.25, 0.3) is 16.8 Å². The Labute approximate surface area is 154 Å². The van der Waals surface area contributed by atoms with Gasteiger partial charge in [0.05, 0.1) is 16.8 Å². The lowest BCUT2D eigenvalue weighted by Gasteiger charge is -2.29. The average molecular weight is 373 g/mol. The molecule has 3 heterocycles. The summed E-state index contributed by atoms with van der Waals surface area (Å²) >= 11 is 0. The molecule has 1 aliphatic rings. The average Bonchev–Trinajstić information content (AvgIpc) is 3.07. The number of piperidine rings is 1. The Balaban J connectivity index is 1.82. The third kappa shape index (κ3) is 3.29. The standard InChI is InChI=1S/C20H18F3N3O/c21-20(22,23)16-7-3-5-14(11-16)18-17-8-1-2-10-26(17)19(24-18)15-6-4-9-25(12-15)13-27/h1-3,5,7-8,10-11,13,15H,4,6,9,12H2. The highest BCUT2D eigenvalue weighted by Gasteiger charge is 2.31. The molecule has 27 heavy (non-hydrogen) atoms. The topological polar surface area (TPSA) is 37.6 Å². The van der Waals surface area contributed by atoms with E-state index in [0.717, 1.165) is 49.3 Å². The molecule has 0 spiro atoms. The van der Waals surface area contributed by atoms with E-state index in [1.807, 2.05) is 28.8 Å². The molecule has 140 valence electrons. The zero-order valence-corrected chi connectivity index (χ0v) is 14.5. The number of carbonyl (C=O) groups is 1. The van der Waals surface area contributed by atoms with Crippen molar-refractivity contribution in [1.29, 1.82) is 0 Å². The summed E-state index contributed by atoms with van der Waals surface area (Å²) < 4.78 is 41.3. The Kier molecular flexibility index (Phi) is 4.37. The number of nitrogens with zero attached hydrogens (tertiary/aromatic N) is 3. The summed E-state index contributed by atoms with van der Waals surface area (Å²) in [6, 6.07) is 10.8. The van der Waals surface area contributed by atoms with Gasteiger partial charge in [0.25, 0.3) is 0 Å². The van der Waals surface area contributed by atoms with Crippen LogP contribution in [0.3, 0.4) is 0 Å². The van der Waals surface area contributed by atoms with Gasteiger partial charge in [0.15, 0.2) is 0 Å². The Bertz CT molecular complexity index is 980. The van der Waals surface area contributed by atoms with Crippen LogP contribution in [0.5, 0.6) is 0 Å². The Morgan fingerprint density at radius 2 is 2.00 bits per heavy atom. The van der Waals surface area contributed by atoms with Crippen molar-refractivity contribution in [2.24, 2.45) is 0 Å². The number of benzene rings is 1. The van der Waals surface area contributed by atoms with Crippen LogP contribution in [-0.2, 0) is 11.0 Å². The molecule has 1 aromatic carbocycles. The lowest BCUT2D eigenvalue weighted by molar-refractivity contribution is -0.137. The zero-order chi connectivity index (χ0) is 19.0. The Morgan fingerprint density at radius 3 is 2.78 bits per heavy atom. The number of hydrogen-bond acceptors (Lipinski definition) is 2. The van der Waals surface area contributed by atoms with Crippen molar-refractivity contribution in [1.82, 2.24) is 14.3 Å². The van der Waals surface area contributed by atoms with Crippen LogP contribution in [0.1, 0.15) is 30.1 Å². The number of hydrogen-bond donors (Lipinski definition) is 0. The molecule has 0 radical (unpaired) electrons. The van der Waals surface area contributed by atoms with Gasteiger partial charge in [-0.05, 0) is 37.1 Å². The number of halogens is 3. The number of imidazole rings is 1. The van der Waals surface area contributed by atoms with Crippen molar-refractivity contribution >= 4 is 11.9 Å². The van der Waals surface area contributed by atoms with Crippen LogP contribution in [0, 0.1) is 0 Å². The molecule has 4 nitrogen and oxygen atoms in total. The monoisotopic (exact) mass is 373 g/mol. The second kappa shape index (κ2) is 6.72. The zero-order valence-electron chi connectivity index (χ0n) is 14.5. The number of pyridine rings is 1. The number of alkyl halides is 3. The van der Waals surface area contributed by atoms with Crippen LogP contribution in [-0.4, -0.2) is 33.8 Å². The van der Waals surface area contributed by atoms with Crippen LogP contribution in [0.15, 0.2) is 48.7 Å². The van der Waals surface area contributed by atoms with Crippen molar-refractivity contribution in [3.8, 4) is 11.3 Å². The molecule has 4 rings (SSSR count). The Hall–Kier alpha value is -2.83. The number of likely N-dealkylation sites (tertiary alicyclic amines) is 1. The van der Waals surface area contributed by atoms with Crippen LogP contribution in [0.2, 0.25) is 0 Å². The Morgan fingerprint density at radius 1 is 1.15 bits per heavy atom. The second-order valence-corrected chi connectivity index (χ2v) is 6.79. The number of fused-ring (bicyclic) bond motifs is 1. The van der Waals surface area contributed by atoms with Gasteiger partial charge in [-0.25, -0.2) is 4.98 Å². The highest BCUT2D eigenvalue weighted by Crippen LogP contribution is 2.35. The quantitative estimate of drug-likeness (QED) is 0.640. The smallest absolute Gasteiger partial charge is 0.345 e. The molecular weight excluding hydrogens is 355 g/mol. The maximum Gasteiger partial charge on any atom is 0.416 e. The molecule has 3 aromatic rings. The minimum absolute atomic E-state index is 0.0541. The van der Waals surface area contributed by atoms with Gasteiger partial charge in [0.1, 0.15) is 5.82 Å². The van der Waals surface area contributed by atoms with E-state index >= 15 is 0 Å². The third-order valence-corrected chi connectivity index (χ3v) is 5.01. The molecule has 0 aliphatic carbocycles. The first-order valence-electron chi connectivity index (χ1n) is 8.81. The van der Waals surface area contributed by atoms with Gasteiger partial charge in [-0.3, -0.25) is 4.79 Å². The molecule has 1 saturated heterocycles. The number of carbonyl (C=O) groups excluding carboxylic acids is 1. The van der Waals surface area contributed by atoms with E-state index in [4.69, 9.17) is 4.98 Å². The van der Waals surface area contributed by atoms with E-state index in [1.54, 1.807) is 11.0 Å². The van der Waals surface area contributed by atoms with Crippen molar-refractivity contribution in [3.63, 3.8) is 0 Å². The van der Waals surface area contributed by atoms with Gasteiger partial charge in [0, 0.05) is 30.8 Å². The summed E-state index contributed by atoms with van der Waals surface area (Å²) in [5.74, 6) is 0.836. The predicted octanol–water partition coefficient (Wildman–Crippen LogP) is 4.36. The number of aromatic nitrogens is 2. The molecule has 1 unspecified atom stereocenters. The van der Waals surface area contributed by atoms with Gasteiger partial charge in [-0.1, -0.05) is 18.2 Å². The fraction of sp³-hybridized carbons (Fsp3) is 0.300. The first kappa shape index (κ1) is 17.6. The van der Waals surface area contributed by atoms with Crippen molar-refractivity contribution in [3.05, 3.63) is 60.0 Å². The highest BCUT2D eigenvalue weighted by atomic mass is 19.4. The van der Waals surface area contributed by atoms with E-state index in [-0.39, 0.29) is 5.92 Å². The van der Waals surface area contributed by atoms with Gasteiger partial charge in [-0.15, -0.1) is 0 Å². The molecule has 1 amide bonds. The van der Waals surface area contributed by atoms with E-state index in [1.165, 1.54) is 6.07 Å². The first-order chi connectivity index (χ1) is 13.0. The van der Waals surface area contributed by atoms with Crippen molar-refractivity contribution in [2.75, 3.05) is 13.1 Å². The van der Waals surface area contributed by atoms with Crippen LogP contribution < -0.4 is 0 Å². The molecular formula is C20H18F3N3O. The normalized spacial score (nSPS) is 18.0. The predicted molar refractivity (Wildman–Crippen MR) is 95.2 cm³/mol. The minimum atomic E-state index is -4.40. The molecule has 2 aromatic heterocycles.